The molecular formula is C15H14N2O3S. The van der Waals surface area contributed by atoms with Crippen molar-refractivity contribution in [3.8, 4) is 0 Å². The number of carboxylic acid groups (broad SMARTS) is 1. The van der Waals surface area contributed by atoms with E-state index in [1.165, 1.54) is 24.0 Å². The highest BCUT2D eigenvalue weighted by Crippen LogP contribution is 2.18. The first-order chi connectivity index (χ1) is 10.0. The van der Waals surface area contributed by atoms with Crippen molar-refractivity contribution in [2.75, 3.05) is 11.1 Å². The number of pyridine rings is 1. The maximum atomic E-state index is 11.8. The number of aromatic carboxylic acids is 1. The molecule has 0 aliphatic carbocycles. The van der Waals surface area contributed by atoms with E-state index >= 15 is 0 Å². The number of carbonyl (C=O) groups is 2. The van der Waals surface area contributed by atoms with Crippen LogP contribution in [0, 0.1) is 6.92 Å². The highest BCUT2D eigenvalue weighted by molar-refractivity contribution is 8.00. The Morgan fingerprint density at radius 2 is 1.95 bits per heavy atom. The number of rotatable bonds is 5. The number of nitrogens with one attached hydrogen (secondary N) is 1. The van der Waals surface area contributed by atoms with Gasteiger partial charge in [0.25, 0.3) is 0 Å². The summed E-state index contributed by atoms with van der Waals surface area (Å²) in [5.41, 5.74) is 1.84. The van der Waals surface area contributed by atoms with Crippen molar-refractivity contribution in [3.05, 3.63) is 53.9 Å². The molecule has 0 spiro atoms. The number of anilines is 1. The SMILES string of the molecule is Cc1ccc(NC(=O)CSc2ccnc(C(=O)O)c2)cc1. The molecule has 0 unspecified atom stereocenters. The molecule has 21 heavy (non-hydrogen) atoms. The normalized spacial score (nSPS) is 10.1. The lowest BCUT2D eigenvalue weighted by molar-refractivity contribution is -0.113. The number of hydrogen-bond acceptors (Lipinski definition) is 4. The van der Waals surface area contributed by atoms with Crippen LogP contribution in [0.4, 0.5) is 5.69 Å². The van der Waals surface area contributed by atoms with Gasteiger partial charge in [0.2, 0.25) is 5.91 Å². The molecule has 0 saturated heterocycles. The molecule has 5 nitrogen and oxygen atoms in total. The second-order valence-corrected chi connectivity index (χ2v) is 5.43. The Hall–Kier alpha value is -2.34. The second kappa shape index (κ2) is 6.90. The first kappa shape index (κ1) is 15.1. The summed E-state index contributed by atoms with van der Waals surface area (Å²) in [6, 6.07) is 10.7. The molecule has 0 aliphatic rings. The highest BCUT2D eigenvalue weighted by Gasteiger charge is 2.07. The minimum absolute atomic E-state index is 0.0288. The quantitative estimate of drug-likeness (QED) is 0.830. The Balaban J connectivity index is 1.90. The van der Waals surface area contributed by atoms with Gasteiger partial charge in [0.1, 0.15) is 5.69 Å². The van der Waals surface area contributed by atoms with E-state index in [0.29, 0.717) is 4.90 Å². The smallest absolute Gasteiger partial charge is 0.354 e. The molecule has 2 aromatic rings. The predicted octanol–water partition coefficient (Wildman–Crippen LogP) is 2.82. The van der Waals surface area contributed by atoms with Crippen LogP contribution in [0.1, 0.15) is 16.1 Å². The summed E-state index contributed by atoms with van der Waals surface area (Å²) >= 11 is 1.27. The Morgan fingerprint density at radius 3 is 2.62 bits per heavy atom. The van der Waals surface area contributed by atoms with Crippen LogP contribution in [-0.2, 0) is 4.79 Å². The van der Waals surface area contributed by atoms with Gasteiger partial charge in [-0.05, 0) is 31.2 Å². The van der Waals surface area contributed by atoms with E-state index in [2.05, 4.69) is 10.3 Å². The number of carbonyl (C=O) groups excluding carboxylic acids is 1. The highest BCUT2D eigenvalue weighted by atomic mass is 32.2. The van der Waals surface area contributed by atoms with Crippen LogP contribution in [0.3, 0.4) is 0 Å². The van der Waals surface area contributed by atoms with E-state index < -0.39 is 5.97 Å². The third-order valence-corrected chi connectivity index (χ3v) is 3.65. The third kappa shape index (κ3) is 4.61. The van der Waals surface area contributed by atoms with Gasteiger partial charge >= 0.3 is 5.97 Å². The van der Waals surface area contributed by atoms with E-state index in [1.54, 1.807) is 6.07 Å². The lowest BCUT2D eigenvalue weighted by Crippen LogP contribution is -2.13. The van der Waals surface area contributed by atoms with Gasteiger partial charge in [0.15, 0.2) is 0 Å². The molecule has 0 atom stereocenters. The van der Waals surface area contributed by atoms with E-state index in [1.807, 2.05) is 31.2 Å². The number of thioether (sulfide) groups is 1. The van der Waals surface area contributed by atoms with Crippen molar-refractivity contribution in [2.24, 2.45) is 0 Å². The summed E-state index contributed by atoms with van der Waals surface area (Å²) in [5.74, 6) is -1.02. The van der Waals surface area contributed by atoms with Gasteiger partial charge in [-0.15, -0.1) is 11.8 Å². The zero-order valence-corrected chi connectivity index (χ0v) is 12.2. The number of aryl methyl sites for hydroxylation is 1. The molecular weight excluding hydrogens is 288 g/mol. The monoisotopic (exact) mass is 302 g/mol. The summed E-state index contributed by atoms with van der Waals surface area (Å²) in [7, 11) is 0. The Bertz CT molecular complexity index is 656. The minimum Gasteiger partial charge on any atom is -0.477 e. The summed E-state index contributed by atoms with van der Waals surface area (Å²) < 4.78 is 0. The van der Waals surface area contributed by atoms with Crippen molar-refractivity contribution in [1.29, 1.82) is 0 Å². The van der Waals surface area contributed by atoms with E-state index in [4.69, 9.17) is 5.11 Å². The molecule has 0 radical (unpaired) electrons. The molecule has 2 N–H and O–H groups in total. The molecule has 1 aromatic carbocycles. The molecule has 0 aliphatic heterocycles. The van der Waals surface area contributed by atoms with Crippen LogP contribution in [0.25, 0.3) is 0 Å². The molecule has 0 saturated carbocycles. The Kier molecular flexibility index (Phi) is 4.94. The average molecular weight is 302 g/mol. The maximum absolute atomic E-state index is 11.8. The molecule has 0 fully saturated rings. The van der Waals surface area contributed by atoms with Crippen molar-refractivity contribution in [1.82, 2.24) is 4.98 Å². The molecule has 6 heteroatoms. The van der Waals surface area contributed by atoms with E-state index in [0.717, 1.165) is 11.3 Å². The molecule has 1 amide bonds. The number of hydrogen-bond donors (Lipinski definition) is 2. The van der Waals surface area contributed by atoms with Crippen molar-refractivity contribution < 1.29 is 14.7 Å². The fraction of sp³-hybridized carbons (Fsp3) is 0.133. The lowest BCUT2D eigenvalue weighted by atomic mass is 10.2. The number of benzene rings is 1. The largest absolute Gasteiger partial charge is 0.477 e. The molecule has 1 heterocycles. The van der Waals surface area contributed by atoms with Crippen LogP contribution in [0.2, 0.25) is 0 Å². The van der Waals surface area contributed by atoms with Crippen LogP contribution < -0.4 is 5.32 Å². The fourth-order valence-electron chi connectivity index (χ4n) is 1.60. The number of nitrogens with zero attached hydrogens (tertiary/aromatic N) is 1. The maximum Gasteiger partial charge on any atom is 0.354 e. The summed E-state index contributed by atoms with van der Waals surface area (Å²) in [5, 5.41) is 11.6. The zero-order chi connectivity index (χ0) is 15.2. The first-order valence-corrected chi connectivity index (χ1v) is 7.22. The zero-order valence-electron chi connectivity index (χ0n) is 11.4. The van der Waals surface area contributed by atoms with Gasteiger partial charge in [-0.2, -0.15) is 0 Å². The number of aromatic nitrogens is 1. The summed E-state index contributed by atoms with van der Waals surface area (Å²) in [6.45, 7) is 1.98. The second-order valence-electron chi connectivity index (χ2n) is 4.38. The number of amides is 1. The van der Waals surface area contributed by atoms with Gasteiger partial charge in [0.05, 0.1) is 5.75 Å². The standard InChI is InChI=1S/C15H14N2O3S/c1-10-2-4-11(5-3-10)17-14(18)9-21-12-6-7-16-13(8-12)15(19)20/h2-8H,9H2,1H3,(H,17,18)(H,19,20). The predicted molar refractivity (Wildman–Crippen MR) is 81.7 cm³/mol. The summed E-state index contributed by atoms with van der Waals surface area (Å²) in [4.78, 5) is 27.1. The first-order valence-electron chi connectivity index (χ1n) is 6.23. The lowest BCUT2D eigenvalue weighted by Gasteiger charge is -2.05. The van der Waals surface area contributed by atoms with Crippen LogP contribution in [0.5, 0.6) is 0 Å². The van der Waals surface area contributed by atoms with Gasteiger partial charge in [-0.3, -0.25) is 4.79 Å². The Morgan fingerprint density at radius 1 is 1.24 bits per heavy atom. The topological polar surface area (TPSA) is 79.3 Å². The molecule has 1 aromatic heterocycles. The molecule has 2 rings (SSSR count). The van der Waals surface area contributed by atoms with Gasteiger partial charge < -0.3 is 10.4 Å². The average Bonchev–Trinajstić information content (AvgIpc) is 2.48. The van der Waals surface area contributed by atoms with E-state index in [-0.39, 0.29) is 17.4 Å². The minimum atomic E-state index is -1.08. The van der Waals surface area contributed by atoms with Crippen molar-refractivity contribution in [3.63, 3.8) is 0 Å². The number of carboxylic acids is 1. The van der Waals surface area contributed by atoms with Gasteiger partial charge in [-0.25, -0.2) is 9.78 Å². The van der Waals surface area contributed by atoms with Gasteiger partial charge in [-0.1, -0.05) is 17.7 Å². The van der Waals surface area contributed by atoms with Crippen LogP contribution >= 0.6 is 11.8 Å². The molecule has 0 bridgehead atoms. The van der Waals surface area contributed by atoms with Crippen molar-refractivity contribution in [2.45, 2.75) is 11.8 Å². The van der Waals surface area contributed by atoms with Gasteiger partial charge in [0, 0.05) is 16.8 Å². The summed E-state index contributed by atoms with van der Waals surface area (Å²) in [6.07, 6.45) is 1.42. The van der Waals surface area contributed by atoms with E-state index in [9.17, 15) is 9.59 Å². The fourth-order valence-corrected chi connectivity index (χ4v) is 2.32. The van der Waals surface area contributed by atoms with Crippen LogP contribution in [-0.4, -0.2) is 27.7 Å². The third-order valence-electron chi connectivity index (χ3n) is 2.66. The molecule has 108 valence electrons. The van der Waals surface area contributed by atoms with Crippen LogP contribution in [0.15, 0.2) is 47.5 Å². The Labute approximate surface area is 126 Å². The van der Waals surface area contributed by atoms with Crippen molar-refractivity contribution >= 4 is 29.3 Å².